The van der Waals surface area contributed by atoms with Gasteiger partial charge < -0.3 is 24.8 Å². The molecular formula is C27H31ClN4O6. The van der Waals surface area contributed by atoms with E-state index in [1.54, 1.807) is 67.4 Å². The van der Waals surface area contributed by atoms with Crippen molar-refractivity contribution in [3.05, 3.63) is 59.2 Å². The van der Waals surface area contributed by atoms with E-state index in [1.165, 1.54) is 7.11 Å². The number of nitrogens with zero attached hydrogens (tertiary/aromatic N) is 2. The highest BCUT2D eigenvalue weighted by molar-refractivity contribution is 6.30. The van der Waals surface area contributed by atoms with Crippen molar-refractivity contribution in [1.29, 1.82) is 0 Å². The van der Waals surface area contributed by atoms with Gasteiger partial charge in [-0.15, -0.1) is 0 Å². The van der Waals surface area contributed by atoms with Crippen LogP contribution in [-0.2, 0) is 14.3 Å². The van der Waals surface area contributed by atoms with E-state index >= 15 is 0 Å². The quantitative estimate of drug-likeness (QED) is 0.355. The smallest absolute Gasteiger partial charge is 0.325 e. The van der Waals surface area contributed by atoms with Gasteiger partial charge in [0, 0.05) is 17.5 Å². The minimum atomic E-state index is -0.560. The molecule has 1 aromatic heterocycles. The number of aromatic nitrogens is 2. The second-order valence-electron chi connectivity index (χ2n) is 8.72. The second kappa shape index (κ2) is 13.0. The van der Waals surface area contributed by atoms with Gasteiger partial charge in [-0.2, -0.15) is 5.10 Å². The van der Waals surface area contributed by atoms with Gasteiger partial charge in [0.25, 0.3) is 5.91 Å². The van der Waals surface area contributed by atoms with Crippen molar-refractivity contribution in [2.75, 3.05) is 27.9 Å². The van der Waals surface area contributed by atoms with Crippen molar-refractivity contribution in [1.82, 2.24) is 20.4 Å². The van der Waals surface area contributed by atoms with Gasteiger partial charge in [0.05, 0.1) is 38.3 Å². The molecule has 0 aliphatic carbocycles. The first kappa shape index (κ1) is 28.5. The highest BCUT2D eigenvalue weighted by Gasteiger charge is 2.25. The third-order valence-corrected chi connectivity index (χ3v) is 6.13. The Kier molecular flexibility index (Phi) is 9.72. The average Bonchev–Trinajstić information content (AvgIpc) is 3.36. The van der Waals surface area contributed by atoms with Gasteiger partial charge in [0.15, 0.2) is 5.69 Å². The Hall–Kier alpha value is -4.05. The van der Waals surface area contributed by atoms with Gasteiger partial charge in [-0.05, 0) is 48.4 Å². The van der Waals surface area contributed by atoms with Crippen molar-refractivity contribution < 1.29 is 28.6 Å². The third kappa shape index (κ3) is 6.83. The number of benzene rings is 2. The highest BCUT2D eigenvalue weighted by atomic mass is 35.5. The maximum atomic E-state index is 13.4. The zero-order chi connectivity index (χ0) is 27.8. The molecule has 0 radical (unpaired) electrons. The van der Waals surface area contributed by atoms with Crippen LogP contribution in [0.4, 0.5) is 0 Å². The molecule has 0 bridgehead atoms. The summed E-state index contributed by atoms with van der Waals surface area (Å²) in [4.78, 5) is 37.1. The number of carbonyl (C=O) groups excluding carboxylic acids is 3. The Labute approximate surface area is 226 Å². The fraction of sp³-hybridized carbons (Fsp3) is 0.333. The minimum Gasteiger partial charge on any atom is -0.496 e. The SMILES string of the molecule is COC(=O)CNC(=O)CC(NC(=O)c1cc(-c2c(OC)cccc2OC)n(-c2ccc(Cl)cc2)n1)C(C)C. The van der Waals surface area contributed by atoms with E-state index in [-0.39, 0.29) is 30.5 Å². The molecule has 1 unspecified atom stereocenters. The first-order valence-electron chi connectivity index (χ1n) is 11.9. The summed E-state index contributed by atoms with van der Waals surface area (Å²) in [5.74, 6) is -0.416. The summed E-state index contributed by atoms with van der Waals surface area (Å²) in [5.41, 5.74) is 1.97. The molecule has 3 aromatic rings. The molecule has 2 amide bonds. The summed E-state index contributed by atoms with van der Waals surface area (Å²) < 4.78 is 17.3. The van der Waals surface area contributed by atoms with Gasteiger partial charge in [0.2, 0.25) is 5.91 Å². The van der Waals surface area contributed by atoms with Crippen LogP contribution in [0, 0.1) is 5.92 Å². The lowest BCUT2D eigenvalue weighted by Gasteiger charge is -2.21. The van der Waals surface area contributed by atoms with Gasteiger partial charge in [-0.25, -0.2) is 4.68 Å². The minimum absolute atomic E-state index is 0.0223. The van der Waals surface area contributed by atoms with Crippen molar-refractivity contribution in [3.63, 3.8) is 0 Å². The zero-order valence-corrected chi connectivity index (χ0v) is 22.7. The van der Waals surface area contributed by atoms with Gasteiger partial charge in [-0.1, -0.05) is 31.5 Å². The monoisotopic (exact) mass is 542 g/mol. The molecule has 1 heterocycles. The lowest BCUT2D eigenvalue weighted by Crippen LogP contribution is -2.43. The van der Waals surface area contributed by atoms with Crippen molar-refractivity contribution in [3.8, 4) is 28.4 Å². The molecule has 3 rings (SSSR count). The molecule has 38 heavy (non-hydrogen) atoms. The van der Waals surface area contributed by atoms with Gasteiger partial charge >= 0.3 is 5.97 Å². The number of hydrogen-bond acceptors (Lipinski definition) is 7. The van der Waals surface area contributed by atoms with Crippen molar-refractivity contribution in [2.24, 2.45) is 5.92 Å². The molecule has 0 spiro atoms. The summed E-state index contributed by atoms with van der Waals surface area (Å²) in [5, 5.41) is 10.5. The predicted octanol–water partition coefficient (Wildman–Crippen LogP) is 3.64. The third-order valence-electron chi connectivity index (χ3n) is 5.88. The largest absolute Gasteiger partial charge is 0.496 e. The fourth-order valence-corrected chi connectivity index (χ4v) is 3.89. The summed E-state index contributed by atoms with van der Waals surface area (Å²) in [6.07, 6.45) is -0.0223. The lowest BCUT2D eigenvalue weighted by molar-refractivity contribution is -0.141. The molecule has 0 aliphatic rings. The summed E-state index contributed by atoms with van der Waals surface area (Å²) >= 11 is 6.09. The van der Waals surface area contributed by atoms with E-state index in [9.17, 15) is 14.4 Å². The van der Waals surface area contributed by atoms with Gasteiger partial charge in [-0.3, -0.25) is 14.4 Å². The van der Waals surface area contributed by atoms with E-state index in [0.29, 0.717) is 33.5 Å². The Morgan fingerprint density at radius 2 is 1.63 bits per heavy atom. The Morgan fingerprint density at radius 3 is 2.18 bits per heavy atom. The molecule has 10 nitrogen and oxygen atoms in total. The van der Waals surface area contributed by atoms with Gasteiger partial charge in [0.1, 0.15) is 18.0 Å². The summed E-state index contributed by atoms with van der Waals surface area (Å²) in [6, 6.07) is 13.5. The number of nitrogens with one attached hydrogen (secondary N) is 2. The van der Waals surface area contributed by atoms with E-state index in [1.807, 2.05) is 13.8 Å². The number of amides is 2. The topological polar surface area (TPSA) is 121 Å². The molecular weight excluding hydrogens is 512 g/mol. The first-order valence-corrected chi connectivity index (χ1v) is 12.3. The zero-order valence-electron chi connectivity index (χ0n) is 21.9. The van der Waals surface area contributed by atoms with E-state index < -0.39 is 17.9 Å². The number of hydrogen-bond donors (Lipinski definition) is 2. The van der Waals surface area contributed by atoms with Crippen LogP contribution < -0.4 is 20.1 Å². The van der Waals surface area contributed by atoms with Crippen LogP contribution in [0.3, 0.4) is 0 Å². The first-order chi connectivity index (χ1) is 18.2. The van der Waals surface area contributed by atoms with Crippen LogP contribution in [0.2, 0.25) is 5.02 Å². The number of esters is 1. The summed E-state index contributed by atoms with van der Waals surface area (Å²) in [7, 11) is 4.34. The Bertz CT molecular complexity index is 1270. The fourth-order valence-electron chi connectivity index (χ4n) is 3.76. The Morgan fingerprint density at radius 1 is 1.00 bits per heavy atom. The van der Waals surface area contributed by atoms with Crippen LogP contribution >= 0.6 is 11.6 Å². The molecule has 0 aliphatic heterocycles. The van der Waals surface area contributed by atoms with Crippen LogP contribution in [0.15, 0.2) is 48.5 Å². The molecule has 11 heteroatoms. The number of rotatable bonds is 11. The van der Waals surface area contributed by atoms with E-state index in [0.717, 1.165) is 0 Å². The molecule has 0 saturated carbocycles. The van der Waals surface area contributed by atoms with E-state index in [4.69, 9.17) is 21.1 Å². The maximum Gasteiger partial charge on any atom is 0.325 e. The normalized spacial score (nSPS) is 11.6. The maximum absolute atomic E-state index is 13.4. The van der Waals surface area contributed by atoms with Crippen LogP contribution in [0.1, 0.15) is 30.8 Å². The molecule has 1 atom stereocenters. The lowest BCUT2D eigenvalue weighted by atomic mass is 10.00. The van der Waals surface area contributed by atoms with Crippen molar-refractivity contribution >= 4 is 29.4 Å². The average molecular weight is 543 g/mol. The van der Waals surface area contributed by atoms with Crippen LogP contribution in [0.25, 0.3) is 16.9 Å². The van der Waals surface area contributed by atoms with Crippen molar-refractivity contribution in [2.45, 2.75) is 26.3 Å². The predicted molar refractivity (Wildman–Crippen MR) is 143 cm³/mol. The number of ether oxygens (including phenoxy) is 3. The van der Waals surface area contributed by atoms with Crippen LogP contribution in [0.5, 0.6) is 11.5 Å². The molecule has 0 fully saturated rings. The van der Waals surface area contributed by atoms with Crippen LogP contribution in [-0.4, -0.2) is 61.5 Å². The number of halogens is 1. The summed E-state index contributed by atoms with van der Waals surface area (Å²) in [6.45, 7) is 3.52. The standard InChI is InChI=1S/C27H31ClN4O6/c1-16(2)19(14-24(33)29-15-25(34)38-5)30-27(35)20-13-21(26-22(36-3)7-6-8-23(26)37-4)32(31-20)18-11-9-17(28)10-12-18/h6-13,16,19H,14-15H2,1-5H3,(H,29,33)(H,30,35). The second-order valence-corrected chi connectivity index (χ2v) is 9.16. The molecule has 2 aromatic carbocycles. The molecule has 2 N–H and O–H groups in total. The Balaban J connectivity index is 1.98. The highest BCUT2D eigenvalue weighted by Crippen LogP contribution is 2.39. The number of methoxy groups -OCH3 is 3. The molecule has 0 saturated heterocycles. The van der Waals surface area contributed by atoms with E-state index in [2.05, 4.69) is 20.5 Å². The molecule has 202 valence electrons. The number of carbonyl (C=O) groups is 3.